The summed E-state index contributed by atoms with van der Waals surface area (Å²) >= 11 is 0. The Morgan fingerprint density at radius 2 is 1.76 bits per heavy atom. The molecule has 0 aliphatic heterocycles. The van der Waals surface area contributed by atoms with Crippen molar-refractivity contribution in [2.45, 2.75) is 19.0 Å². The van der Waals surface area contributed by atoms with Gasteiger partial charge in [0.05, 0.1) is 23.7 Å². The van der Waals surface area contributed by atoms with Gasteiger partial charge in [0.2, 0.25) is 11.8 Å². The Labute approximate surface area is 192 Å². The SMILES string of the molecule is COc1ccc(-n2cnc3ccc(-c4nnc(CCc5cccc(C(F)(F)F)c5)o4)cc32)cc1. The summed E-state index contributed by atoms with van der Waals surface area (Å²) in [6.07, 6.45) is -1.94. The molecule has 172 valence electrons. The molecule has 0 radical (unpaired) electrons. The van der Waals surface area contributed by atoms with Gasteiger partial charge in [-0.15, -0.1) is 10.2 Å². The molecule has 0 saturated heterocycles. The lowest BCUT2D eigenvalue weighted by molar-refractivity contribution is -0.137. The molecule has 2 aromatic heterocycles. The van der Waals surface area contributed by atoms with E-state index in [4.69, 9.17) is 9.15 Å². The van der Waals surface area contributed by atoms with Crippen LogP contribution >= 0.6 is 0 Å². The number of hydrogen-bond acceptors (Lipinski definition) is 5. The van der Waals surface area contributed by atoms with Crippen molar-refractivity contribution < 1.29 is 22.3 Å². The van der Waals surface area contributed by atoms with Crippen LogP contribution in [0.5, 0.6) is 5.75 Å². The quantitative estimate of drug-likeness (QED) is 0.314. The first kappa shape index (κ1) is 21.7. The van der Waals surface area contributed by atoms with E-state index in [1.807, 2.05) is 47.0 Å². The molecule has 0 unspecified atom stereocenters. The number of fused-ring (bicyclic) bond motifs is 1. The highest BCUT2D eigenvalue weighted by molar-refractivity contribution is 5.82. The maximum absolute atomic E-state index is 12.9. The van der Waals surface area contributed by atoms with Gasteiger partial charge in [-0.25, -0.2) is 4.98 Å². The number of rotatable bonds is 6. The van der Waals surface area contributed by atoms with Gasteiger partial charge in [0.25, 0.3) is 0 Å². The minimum atomic E-state index is -4.37. The topological polar surface area (TPSA) is 66.0 Å². The number of ether oxygens (including phenoxy) is 1. The van der Waals surface area contributed by atoms with Crippen LogP contribution in [0.2, 0.25) is 0 Å². The van der Waals surface area contributed by atoms with Crippen molar-refractivity contribution in [3.05, 3.63) is 90.1 Å². The van der Waals surface area contributed by atoms with Crippen LogP contribution in [0.25, 0.3) is 28.2 Å². The smallest absolute Gasteiger partial charge is 0.416 e. The molecule has 0 atom stereocenters. The summed E-state index contributed by atoms with van der Waals surface area (Å²) in [4.78, 5) is 4.45. The average molecular weight is 464 g/mol. The molecule has 0 spiro atoms. The first-order chi connectivity index (χ1) is 16.4. The van der Waals surface area contributed by atoms with E-state index in [0.29, 0.717) is 30.2 Å². The fourth-order valence-electron chi connectivity index (χ4n) is 3.72. The van der Waals surface area contributed by atoms with Crippen molar-refractivity contribution in [3.8, 4) is 22.9 Å². The van der Waals surface area contributed by atoms with Gasteiger partial charge < -0.3 is 9.15 Å². The van der Waals surface area contributed by atoms with Crippen molar-refractivity contribution >= 4 is 11.0 Å². The molecule has 9 heteroatoms. The number of imidazole rings is 1. The second kappa shape index (κ2) is 8.66. The highest BCUT2D eigenvalue weighted by atomic mass is 19.4. The summed E-state index contributed by atoms with van der Waals surface area (Å²) in [5, 5.41) is 8.20. The summed E-state index contributed by atoms with van der Waals surface area (Å²) in [5.74, 6) is 1.46. The molecule has 0 aliphatic rings. The zero-order valence-corrected chi connectivity index (χ0v) is 18.1. The van der Waals surface area contributed by atoms with E-state index in [1.165, 1.54) is 6.07 Å². The Kier molecular flexibility index (Phi) is 5.53. The number of nitrogens with zero attached hydrogens (tertiary/aromatic N) is 4. The molecule has 5 rings (SSSR count). The number of alkyl halides is 3. The number of aromatic nitrogens is 4. The fraction of sp³-hybridized carbons (Fsp3) is 0.160. The van der Waals surface area contributed by atoms with E-state index in [9.17, 15) is 13.2 Å². The second-order valence-corrected chi connectivity index (χ2v) is 7.72. The first-order valence-corrected chi connectivity index (χ1v) is 10.5. The van der Waals surface area contributed by atoms with Crippen LogP contribution in [0.4, 0.5) is 13.2 Å². The highest BCUT2D eigenvalue weighted by Gasteiger charge is 2.30. The van der Waals surface area contributed by atoms with Gasteiger partial charge in [0.1, 0.15) is 12.1 Å². The molecule has 5 aromatic rings. The van der Waals surface area contributed by atoms with Gasteiger partial charge in [-0.2, -0.15) is 13.2 Å². The minimum Gasteiger partial charge on any atom is -0.497 e. The molecular weight excluding hydrogens is 445 g/mol. The highest BCUT2D eigenvalue weighted by Crippen LogP contribution is 2.30. The van der Waals surface area contributed by atoms with Crippen molar-refractivity contribution in [1.29, 1.82) is 0 Å². The van der Waals surface area contributed by atoms with Gasteiger partial charge in [0, 0.05) is 17.7 Å². The van der Waals surface area contributed by atoms with Crippen LogP contribution in [0.15, 0.2) is 77.5 Å². The minimum absolute atomic E-state index is 0.334. The molecule has 0 aliphatic carbocycles. The normalized spacial score (nSPS) is 11.8. The molecule has 3 aromatic carbocycles. The monoisotopic (exact) mass is 464 g/mol. The Morgan fingerprint density at radius 3 is 2.53 bits per heavy atom. The van der Waals surface area contributed by atoms with Gasteiger partial charge in [-0.1, -0.05) is 18.2 Å². The third-order valence-electron chi connectivity index (χ3n) is 5.49. The zero-order chi connectivity index (χ0) is 23.7. The molecule has 0 saturated carbocycles. The lowest BCUT2D eigenvalue weighted by Gasteiger charge is -2.08. The molecule has 2 heterocycles. The number of benzene rings is 3. The number of aryl methyl sites for hydroxylation is 2. The van der Waals surface area contributed by atoms with Crippen molar-refractivity contribution in [3.63, 3.8) is 0 Å². The largest absolute Gasteiger partial charge is 0.497 e. The molecule has 0 fully saturated rings. The van der Waals surface area contributed by atoms with E-state index in [-0.39, 0.29) is 0 Å². The third-order valence-corrected chi connectivity index (χ3v) is 5.49. The summed E-state index contributed by atoms with van der Waals surface area (Å²) < 4.78 is 51.8. The van der Waals surface area contributed by atoms with E-state index in [2.05, 4.69) is 15.2 Å². The Morgan fingerprint density at radius 1 is 0.941 bits per heavy atom. The summed E-state index contributed by atoms with van der Waals surface area (Å²) in [6, 6.07) is 18.5. The van der Waals surface area contributed by atoms with Gasteiger partial charge >= 0.3 is 6.18 Å². The predicted molar refractivity (Wildman–Crippen MR) is 120 cm³/mol. The van der Waals surface area contributed by atoms with E-state index in [0.717, 1.165) is 40.2 Å². The number of hydrogen-bond donors (Lipinski definition) is 0. The molecule has 0 bridgehead atoms. The van der Waals surface area contributed by atoms with Crippen LogP contribution in [-0.2, 0) is 19.0 Å². The molecule has 0 amide bonds. The summed E-state index contributed by atoms with van der Waals surface area (Å²) in [7, 11) is 1.62. The predicted octanol–water partition coefficient (Wildman–Crippen LogP) is 5.89. The zero-order valence-electron chi connectivity index (χ0n) is 18.1. The van der Waals surface area contributed by atoms with E-state index < -0.39 is 11.7 Å². The fourth-order valence-corrected chi connectivity index (χ4v) is 3.72. The van der Waals surface area contributed by atoms with Gasteiger partial charge in [-0.3, -0.25) is 4.57 Å². The maximum atomic E-state index is 12.9. The van der Waals surface area contributed by atoms with Crippen LogP contribution < -0.4 is 4.74 Å². The van der Waals surface area contributed by atoms with Crippen molar-refractivity contribution in [2.24, 2.45) is 0 Å². The first-order valence-electron chi connectivity index (χ1n) is 10.5. The molecule has 0 N–H and O–H groups in total. The van der Waals surface area contributed by atoms with E-state index >= 15 is 0 Å². The van der Waals surface area contributed by atoms with Gasteiger partial charge in [-0.05, 0) is 60.5 Å². The van der Waals surface area contributed by atoms with Crippen molar-refractivity contribution in [1.82, 2.24) is 19.7 Å². The Hall–Kier alpha value is -4.14. The summed E-state index contributed by atoms with van der Waals surface area (Å²) in [6.45, 7) is 0. The Bertz CT molecular complexity index is 1440. The second-order valence-electron chi connectivity index (χ2n) is 7.72. The summed E-state index contributed by atoms with van der Waals surface area (Å²) in [5.41, 5.74) is 3.21. The van der Waals surface area contributed by atoms with Crippen LogP contribution in [0.3, 0.4) is 0 Å². The molecule has 6 nitrogen and oxygen atoms in total. The van der Waals surface area contributed by atoms with Crippen molar-refractivity contribution in [2.75, 3.05) is 7.11 Å². The average Bonchev–Trinajstić information content (AvgIpc) is 3.49. The van der Waals surface area contributed by atoms with Crippen LogP contribution in [0, 0.1) is 0 Å². The third kappa shape index (κ3) is 4.36. The lowest BCUT2D eigenvalue weighted by atomic mass is 10.1. The number of methoxy groups -OCH3 is 1. The van der Waals surface area contributed by atoms with Crippen LogP contribution in [0.1, 0.15) is 17.0 Å². The maximum Gasteiger partial charge on any atom is 0.416 e. The van der Waals surface area contributed by atoms with Crippen LogP contribution in [-0.4, -0.2) is 26.9 Å². The Balaban J connectivity index is 1.36. The molecule has 34 heavy (non-hydrogen) atoms. The van der Waals surface area contributed by atoms with E-state index in [1.54, 1.807) is 19.5 Å². The lowest BCUT2D eigenvalue weighted by Crippen LogP contribution is -2.05. The molecular formula is C25H19F3N4O2. The standard InChI is InChI=1S/C25H19F3N4O2/c1-33-20-9-7-19(8-10-20)32-15-29-21-11-6-17(14-22(21)32)24-31-30-23(34-24)12-5-16-3-2-4-18(13-16)25(26,27)28/h2-4,6-11,13-15H,5,12H2,1H3. The van der Waals surface area contributed by atoms with Gasteiger partial charge in [0.15, 0.2) is 0 Å². The number of halogens is 3.